The third-order valence-electron chi connectivity index (χ3n) is 4.31. The average molecular weight is 404 g/mol. The van der Waals surface area contributed by atoms with E-state index in [2.05, 4.69) is 15.4 Å². The first kappa shape index (κ1) is 18.9. The number of carbonyl (C=O) groups is 1. The normalized spacial score (nSPS) is 10.7. The molecule has 0 bridgehead atoms. The minimum absolute atomic E-state index is 0.273. The highest BCUT2D eigenvalue weighted by molar-refractivity contribution is 7.13. The molecule has 0 radical (unpaired) electrons. The largest absolute Gasteiger partial charge is 0.487 e. The summed E-state index contributed by atoms with van der Waals surface area (Å²) in [6.45, 7) is 2.41. The number of aryl methyl sites for hydroxylation is 2. The van der Waals surface area contributed by atoms with Gasteiger partial charge in [-0.25, -0.2) is 4.98 Å². The minimum atomic E-state index is -0.273. The molecule has 0 aliphatic heterocycles. The second kappa shape index (κ2) is 8.28. The van der Waals surface area contributed by atoms with Crippen LogP contribution in [0.1, 0.15) is 21.6 Å². The van der Waals surface area contributed by atoms with E-state index in [9.17, 15) is 4.79 Å². The molecule has 2 aromatic heterocycles. The molecule has 4 rings (SSSR count). The highest BCUT2D eigenvalue weighted by Gasteiger charge is 2.15. The van der Waals surface area contributed by atoms with Crippen LogP contribution < -0.4 is 10.1 Å². The molecular weight excluding hydrogens is 384 g/mol. The molecule has 1 amide bonds. The molecule has 0 aliphatic carbocycles. The number of hydrogen-bond acceptors (Lipinski definition) is 5. The van der Waals surface area contributed by atoms with Crippen molar-refractivity contribution >= 4 is 22.9 Å². The number of carbonyl (C=O) groups excluding carboxylic acids is 1. The number of ether oxygens (including phenoxy) is 1. The average Bonchev–Trinajstić information content (AvgIpc) is 3.38. The number of benzene rings is 2. The van der Waals surface area contributed by atoms with Crippen molar-refractivity contribution in [2.75, 3.05) is 5.32 Å². The third kappa shape index (κ3) is 4.52. The van der Waals surface area contributed by atoms with Gasteiger partial charge in [-0.15, -0.1) is 11.3 Å². The Bertz CT molecular complexity index is 1130. The Morgan fingerprint density at radius 3 is 2.79 bits per heavy atom. The molecule has 7 heteroatoms. The smallest absolute Gasteiger partial charge is 0.275 e. The zero-order chi connectivity index (χ0) is 20.2. The van der Waals surface area contributed by atoms with Crippen molar-refractivity contribution in [2.45, 2.75) is 13.5 Å². The zero-order valence-electron chi connectivity index (χ0n) is 16.1. The highest BCUT2D eigenvalue weighted by atomic mass is 32.1. The molecule has 0 unspecified atom stereocenters. The molecule has 0 spiro atoms. The molecule has 2 aromatic carbocycles. The van der Waals surface area contributed by atoms with Crippen LogP contribution in [0.3, 0.4) is 0 Å². The van der Waals surface area contributed by atoms with Gasteiger partial charge in [-0.1, -0.05) is 36.4 Å². The molecule has 29 heavy (non-hydrogen) atoms. The summed E-state index contributed by atoms with van der Waals surface area (Å²) in [5, 5.41) is 9.57. The molecule has 0 atom stereocenters. The van der Waals surface area contributed by atoms with Crippen LogP contribution in [0.25, 0.3) is 10.6 Å². The number of aromatic nitrogens is 3. The van der Waals surface area contributed by atoms with E-state index in [1.54, 1.807) is 16.3 Å². The van der Waals surface area contributed by atoms with E-state index in [-0.39, 0.29) is 5.91 Å². The predicted octanol–water partition coefficient (Wildman–Crippen LogP) is 4.68. The number of amides is 1. The van der Waals surface area contributed by atoms with Crippen molar-refractivity contribution < 1.29 is 9.53 Å². The quantitative estimate of drug-likeness (QED) is 0.506. The van der Waals surface area contributed by atoms with Crippen LogP contribution in [0.4, 0.5) is 5.69 Å². The van der Waals surface area contributed by atoms with Gasteiger partial charge in [0.15, 0.2) is 0 Å². The van der Waals surface area contributed by atoms with E-state index in [1.807, 2.05) is 68.7 Å². The second-order valence-electron chi connectivity index (χ2n) is 6.67. The number of rotatable bonds is 6. The number of nitrogens with zero attached hydrogens (tertiary/aromatic N) is 3. The van der Waals surface area contributed by atoms with E-state index in [0.29, 0.717) is 23.7 Å². The first-order valence-electron chi connectivity index (χ1n) is 9.12. The monoisotopic (exact) mass is 404 g/mol. The number of thiazole rings is 1. The van der Waals surface area contributed by atoms with Gasteiger partial charge in [-0.3, -0.25) is 9.48 Å². The van der Waals surface area contributed by atoms with Crippen LogP contribution in [0.5, 0.6) is 5.75 Å². The van der Waals surface area contributed by atoms with Crippen molar-refractivity contribution in [1.29, 1.82) is 0 Å². The van der Waals surface area contributed by atoms with E-state index >= 15 is 0 Å². The molecule has 1 N–H and O–H groups in total. The molecule has 0 saturated heterocycles. The van der Waals surface area contributed by atoms with Crippen LogP contribution >= 0.6 is 11.3 Å². The van der Waals surface area contributed by atoms with E-state index < -0.39 is 0 Å². The molecule has 0 fully saturated rings. The Balaban J connectivity index is 1.50. The molecule has 4 aromatic rings. The van der Waals surface area contributed by atoms with Crippen molar-refractivity contribution in [3.63, 3.8) is 0 Å². The maximum Gasteiger partial charge on any atom is 0.275 e. The summed E-state index contributed by atoms with van der Waals surface area (Å²) >= 11 is 1.41. The molecule has 2 heterocycles. The molecular formula is C22H20N4O2S. The first-order valence-corrected chi connectivity index (χ1v) is 10.00. The summed E-state index contributed by atoms with van der Waals surface area (Å²) < 4.78 is 7.68. The van der Waals surface area contributed by atoms with Gasteiger partial charge >= 0.3 is 0 Å². The Labute approximate surface area is 172 Å². The SMILES string of the molecule is Cc1ccc(NC(=O)c2csc(-c3cnn(C)c3)n2)c(OCc2ccccc2)c1. The number of hydrogen-bond donors (Lipinski definition) is 1. The lowest BCUT2D eigenvalue weighted by Crippen LogP contribution is -2.13. The standard InChI is InChI=1S/C22H20N4O2S/c1-15-8-9-18(20(10-15)28-13-16-6-4-3-5-7-16)24-21(27)19-14-29-22(25-19)17-11-23-26(2)12-17/h3-12,14H,13H2,1-2H3,(H,24,27). The van der Waals surface area contributed by atoms with E-state index in [1.165, 1.54) is 11.3 Å². The Morgan fingerprint density at radius 2 is 2.03 bits per heavy atom. The van der Waals surface area contributed by atoms with Crippen molar-refractivity contribution in [3.05, 3.63) is 83.1 Å². The van der Waals surface area contributed by atoms with Crippen LogP contribution in [0.15, 0.2) is 66.3 Å². The van der Waals surface area contributed by atoms with E-state index in [4.69, 9.17) is 4.74 Å². The Kier molecular flexibility index (Phi) is 5.39. The van der Waals surface area contributed by atoms with Crippen LogP contribution in [-0.2, 0) is 13.7 Å². The summed E-state index contributed by atoms with van der Waals surface area (Å²) in [5.41, 5.74) is 3.99. The fraction of sp³-hybridized carbons (Fsp3) is 0.136. The topological polar surface area (TPSA) is 69.0 Å². The third-order valence-corrected chi connectivity index (χ3v) is 5.20. The maximum atomic E-state index is 12.7. The van der Waals surface area contributed by atoms with Crippen LogP contribution in [-0.4, -0.2) is 20.7 Å². The fourth-order valence-corrected chi connectivity index (χ4v) is 3.59. The van der Waals surface area contributed by atoms with Gasteiger partial charge in [0.05, 0.1) is 11.9 Å². The number of nitrogens with one attached hydrogen (secondary N) is 1. The van der Waals surface area contributed by atoms with Crippen LogP contribution in [0.2, 0.25) is 0 Å². The fourth-order valence-electron chi connectivity index (χ4n) is 2.82. The lowest BCUT2D eigenvalue weighted by atomic mass is 10.2. The molecule has 0 aliphatic rings. The summed E-state index contributed by atoms with van der Waals surface area (Å²) in [6, 6.07) is 15.6. The lowest BCUT2D eigenvalue weighted by molar-refractivity contribution is 0.102. The van der Waals surface area contributed by atoms with Gasteiger partial charge in [0.1, 0.15) is 23.1 Å². The predicted molar refractivity (Wildman–Crippen MR) is 114 cm³/mol. The van der Waals surface area contributed by atoms with Gasteiger partial charge in [0, 0.05) is 24.2 Å². The molecule has 146 valence electrons. The van der Waals surface area contributed by atoms with Crippen LogP contribution in [0, 0.1) is 6.92 Å². The molecule has 0 saturated carbocycles. The Hall–Kier alpha value is -3.45. The van der Waals surface area contributed by atoms with Crippen molar-refractivity contribution in [1.82, 2.24) is 14.8 Å². The summed E-state index contributed by atoms with van der Waals surface area (Å²) in [7, 11) is 1.85. The second-order valence-corrected chi connectivity index (χ2v) is 7.53. The van der Waals surface area contributed by atoms with Gasteiger partial charge in [0.2, 0.25) is 0 Å². The zero-order valence-corrected chi connectivity index (χ0v) is 16.9. The van der Waals surface area contributed by atoms with Gasteiger partial charge < -0.3 is 10.1 Å². The van der Waals surface area contributed by atoms with E-state index in [0.717, 1.165) is 21.7 Å². The van der Waals surface area contributed by atoms with Gasteiger partial charge in [0.25, 0.3) is 5.91 Å². The van der Waals surface area contributed by atoms with Gasteiger partial charge in [-0.05, 0) is 30.2 Å². The summed E-state index contributed by atoms with van der Waals surface area (Å²) in [4.78, 5) is 17.2. The lowest BCUT2D eigenvalue weighted by Gasteiger charge is -2.13. The minimum Gasteiger partial charge on any atom is -0.487 e. The first-order chi connectivity index (χ1) is 14.1. The summed E-state index contributed by atoms with van der Waals surface area (Å²) in [5.74, 6) is 0.356. The molecule has 6 nitrogen and oxygen atoms in total. The number of anilines is 1. The highest BCUT2D eigenvalue weighted by Crippen LogP contribution is 2.28. The van der Waals surface area contributed by atoms with Gasteiger partial charge in [-0.2, -0.15) is 5.10 Å². The summed E-state index contributed by atoms with van der Waals surface area (Å²) in [6.07, 6.45) is 3.60. The van der Waals surface area contributed by atoms with Crippen molar-refractivity contribution in [2.24, 2.45) is 7.05 Å². The Morgan fingerprint density at radius 1 is 1.21 bits per heavy atom. The maximum absolute atomic E-state index is 12.7. The van der Waals surface area contributed by atoms with Crippen molar-refractivity contribution in [3.8, 4) is 16.3 Å².